The lowest BCUT2D eigenvalue weighted by Crippen LogP contribution is -2.46. The molecule has 0 bridgehead atoms. The van der Waals surface area contributed by atoms with Crippen molar-refractivity contribution in [2.24, 2.45) is 0 Å². The topological polar surface area (TPSA) is 61.3 Å². The van der Waals surface area contributed by atoms with E-state index in [1.165, 1.54) is 0 Å². The maximum Gasteiger partial charge on any atom is 0.137 e. The number of aromatic nitrogens is 2. The highest BCUT2D eigenvalue weighted by Crippen LogP contribution is 2.29. The minimum Gasteiger partial charge on any atom is -0.388 e. The number of rotatable bonds is 4. The van der Waals surface area contributed by atoms with Crippen LogP contribution < -0.4 is 10.2 Å². The standard InChI is InChI=1S/C14H24N4O/c1-4-11-12(15-5-2)16-10-17-13(11)18-8-6-7-14(3,19)9-18/h10,19H,4-9H2,1-3H3,(H,15,16,17). The average molecular weight is 264 g/mol. The van der Waals surface area contributed by atoms with E-state index in [2.05, 4.69) is 34.0 Å². The van der Waals surface area contributed by atoms with E-state index in [1.54, 1.807) is 6.33 Å². The summed E-state index contributed by atoms with van der Waals surface area (Å²) in [6.07, 6.45) is 4.35. The highest BCUT2D eigenvalue weighted by atomic mass is 16.3. The van der Waals surface area contributed by atoms with Crippen LogP contribution in [0.1, 0.15) is 39.2 Å². The van der Waals surface area contributed by atoms with Gasteiger partial charge in [0, 0.05) is 25.2 Å². The summed E-state index contributed by atoms with van der Waals surface area (Å²) in [7, 11) is 0. The molecule has 1 aromatic rings. The summed E-state index contributed by atoms with van der Waals surface area (Å²) in [6.45, 7) is 8.52. The SMILES string of the molecule is CCNc1ncnc(N2CCCC(C)(O)C2)c1CC. The summed E-state index contributed by atoms with van der Waals surface area (Å²) >= 11 is 0. The minimum absolute atomic E-state index is 0.618. The highest BCUT2D eigenvalue weighted by Gasteiger charge is 2.30. The Morgan fingerprint density at radius 1 is 1.42 bits per heavy atom. The van der Waals surface area contributed by atoms with Crippen LogP contribution in [0, 0.1) is 0 Å². The molecule has 2 heterocycles. The number of hydrogen-bond acceptors (Lipinski definition) is 5. The molecule has 1 atom stereocenters. The smallest absolute Gasteiger partial charge is 0.137 e. The Labute approximate surface area is 115 Å². The van der Waals surface area contributed by atoms with Gasteiger partial charge in [0.05, 0.1) is 5.60 Å². The van der Waals surface area contributed by atoms with Gasteiger partial charge in [-0.25, -0.2) is 9.97 Å². The van der Waals surface area contributed by atoms with Gasteiger partial charge < -0.3 is 15.3 Å². The molecule has 0 aromatic carbocycles. The van der Waals surface area contributed by atoms with Crippen molar-refractivity contribution in [1.82, 2.24) is 9.97 Å². The summed E-state index contributed by atoms with van der Waals surface area (Å²) in [5.74, 6) is 1.88. The third-order valence-electron chi connectivity index (χ3n) is 3.59. The molecule has 1 fully saturated rings. The molecule has 1 aliphatic rings. The summed E-state index contributed by atoms with van der Waals surface area (Å²) in [4.78, 5) is 11.0. The predicted octanol–water partition coefficient (Wildman–Crippen LogP) is 1.82. The van der Waals surface area contributed by atoms with Crippen LogP contribution in [-0.2, 0) is 6.42 Å². The Morgan fingerprint density at radius 2 is 2.21 bits per heavy atom. The first kappa shape index (κ1) is 14.1. The number of nitrogens with one attached hydrogen (secondary N) is 1. The second-order valence-corrected chi connectivity index (χ2v) is 5.43. The second-order valence-electron chi connectivity index (χ2n) is 5.43. The molecule has 19 heavy (non-hydrogen) atoms. The quantitative estimate of drug-likeness (QED) is 0.868. The summed E-state index contributed by atoms with van der Waals surface area (Å²) < 4.78 is 0. The molecule has 2 rings (SSSR count). The van der Waals surface area contributed by atoms with Gasteiger partial charge in [-0.1, -0.05) is 6.92 Å². The van der Waals surface area contributed by atoms with Crippen LogP contribution in [0.25, 0.3) is 0 Å². The van der Waals surface area contributed by atoms with Crippen molar-refractivity contribution in [3.05, 3.63) is 11.9 Å². The van der Waals surface area contributed by atoms with Crippen molar-refractivity contribution in [3.8, 4) is 0 Å². The van der Waals surface area contributed by atoms with Gasteiger partial charge in [-0.05, 0) is 33.1 Å². The van der Waals surface area contributed by atoms with Gasteiger partial charge >= 0.3 is 0 Å². The number of nitrogens with zero attached hydrogens (tertiary/aromatic N) is 3. The fraction of sp³-hybridized carbons (Fsp3) is 0.714. The van der Waals surface area contributed by atoms with Crippen molar-refractivity contribution in [2.75, 3.05) is 29.9 Å². The van der Waals surface area contributed by atoms with E-state index in [1.807, 2.05) is 6.92 Å². The van der Waals surface area contributed by atoms with E-state index in [0.717, 1.165) is 49.6 Å². The molecule has 1 aromatic heterocycles. The molecule has 5 heteroatoms. The van der Waals surface area contributed by atoms with Gasteiger partial charge in [0.25, 0.3) is 0 Å². The molecule has 1 aliphatic heterocycles. The van der Waals surface area contributed by atoms with Gasteiger partial charge in [0.15, 0.2) is 0 Å². The molecule has 1 saturated heterocycles. The van der Waals surface area contributed by atoms with Crippen molar-refractivity contribution in [1.29, 1.82) is 0 Å². The normalized spacial score (nSPS) is 23.5. The molecule has 2 N–H and O–H groups in total. The first-order valence-corrected chi connectivity index (χ1v) is 7.12. The summed E-state index contributed by atoms with van der Waals surface area (Å²) in [5, 5.41) is 13.5. The van der Waals surface area contributed by atoms with E-state index in [0.29, 0.717) is 6.54 Å². The fourth-order valence-electron chi connectivity index (χ4n) is 2.72. The van der Waals surface area contributed by atoms with Crippen LogP contribution in [0.15, 0.2) is 6.33 Å². The number of aliphatic hydroxyl groups is 1. The third kappa shape index (κ3) is 3.15. The second kappa shape index (κ2) is 5.74. The third-order valence-corrected chi connectivity index (χ3v) is 3.59. The summed E-state index contributed by atoms with van der Waals surface area (Å²) in [6, 6.07) is 0. The van der Waals surface area contributed by atoms with E-state index in [4.69, 9.17) is 0 Å². The lowest BCUT2D eigenvalue weighted by Gasteiger charge is -2.38. The Kier molecular flexibility index (Phi) is 4.24. The van der Waals surface area contributed by atoms with Crippen LogP contribution >= 0.6 is 0 Å². The molecule has 0 spiro atoms. The van der Waals surface area contributed by atoms with Crippen LogP contribution in [0.2, 0.25) is 0 Å². The van der Waals surface area contributed by atoms with Gasteiger partial charge in [0.1, 0.15) is 18.0 Å². The fourth-order valence-corrected chi connectivity index (χ4v) is 2.72. The Bertz CT molecular complexity index is 433. The Balaban J connectivity index is 2.30. The van der Waals surface area contributed by atoms with Gasteiger partial charge in [-0.2, -0.15) is 0 Å². The van der Waals surface area contributed by atoms with Gasteiger partial charge in [-0.15, -0.1) is 0 Å². The molecule has 106 valence electrons. The zero-order valence-corrected chi connectivity index (χ0v) is 12.1. The van der Waals surface area contributed by atoms with Gasteiger partial charge in [-0.3, -0.25) is 0 Å². The first-order valence-electron chi connectivity index (χ1n) is 7.12. The molecule has 5 nitrogen and oxygen atoms in total. The van der Waals surface area contributed by atoms with Crippen molar-refractivity contribution < 1.29 is 5.11 Å². The minimum atomic E-state index is -0.618. The molecule has 0 aliphatic carbocycles. The molecule has 0 amide bonds. The average Bonchev–Trinajstić information content (AvgIpc) is 2.37. The molecule has 0 saturated carbocycles. The first-order chi connectivity index (χ1) is 9.07. The van der Waals surface area contributed by atoms with Crippen molar-refractivity contribution in [2.45, 2.75) is 45.6 Å². The maximum absolute atomic E-state index is 10.2. The zero-order valence-electron chi connectivity index (χ0n) is 12.1. The molecule has 1 unspecified atom stereocenters. The lowest BCUT2D eigenvalue weighted by atomic mass is 9.95. The Morgan fingerprint density at radius 3 is 2.84 bits per heavy atom. The van der Waals surface area contributed by atoms with Crippen LogP contribution in [0.5, 0.6) is 0 Å². The number of β-amino-alcohol motifs (C(OH)–C–C–N with tert-alkyl or cyclic N) is 1. The van der Waals surface area contributed by atoms with E-state index in [-0.39, 0.29) is 0 Å². The monoisotopic (exact) mass is 264 g/mol. The van der Waals surface area contributed by atoms with Gasteiger partial charge in [0.2, 0.25) is 0 Å². The molecular formula is C14H24N4O. The highest BCUT2D eigenvalue weighted by molar-refractivity contribution is 5.59. The van der Waals surface area contributed by atoms with Crippen LogP contribution in [0.3, 0.4) is 0 Å². The Hall–Kier alpha value is -1.36. The molecule has 0 radical (unpaired) electrons. The number of anilines is 2. The van der Waals surface area contributed by atoms with Crippen molar-refractivity contribution >= 4 is 11.6 Å². The number of hydrogen-bond donors (Lipinski definition) is 2. The summed E-state index contributed by atoms with van der Waals surface area (Å²) in [5.41, 5.74) is 0.522. The van der Waals surface area contributed by atoms with E-state index in [9.17, 15) is 5.11 Å². The lowest BCUT2D eigenvalue weighted by molar-refractivity contribution is 0.0446. The zero-order chi connectivity index (χ0) is 13.9. The maximum atomic E-state index is 10.2. The van der Waals surface area contributed by atoms with Crippen LogP contribution in [0.4, 0.5) is 11.6 Å². The predicted molar refractivity (Wildman–Crippen MR) is 77.6 cm³/mol. The van der Waals surface area contributed by atoms with Crippen LogP contribution in [-0.4, -0.2) is 40.3 Å². The van der Waals surface area contributed by atoms with Crippen molar-refractivity contribution in [3.63, 3.8) is 0 Å². The van der Waals surface area contributed by atoms with E-state index >= 15 is 0 Å². The molecular weight excluding hydrogens is 240 g/mol. The largest absolute Gasteiger partial charge is 0.388 e. The number of piperidine rings is 1. The van der Waals surface area contributed by atoms with E-state index < -0.39 is 5.60 Å².